The number of aromatic nitrogens is 3. The minimum absolute atomic E-state index is 0.125. The third-order valence-corrected chi connectivity index (χ3v) is 4.69. The first-order valence-electron chi connectivity index (χ1n) is 9.93. The third kappa shape index (κ3) is 5.34. The Balaban J connectivity index is 1.86. The van der Waals surface area contributed by atoms with E-state index in [1.54, 1.807) is 55.7 Å². The number of aromatic amines is 1. The van der Waals surface area contributed by atoms with Crippen LogP contribution in [0.3, 0.4) is 0 Å². The number of anilines is 1. The number of nitrogens with zero attached hydrogens (tertiary/aromatic N) is 4. The summed E-state index contributed by atoms with van der Waals surface area (Å²) in [6.07, 6.45) is 3.29. The summed E-state index contributed by atoms with van der Waals surface area (Å²) in [4.78, 5) is 38.5. The Morgan fingerprint density at radius 1 is 1.26 bits per heavy atom. The summed E-state index contributed by atoms with van der Waals surface area (Å²) in [5, 5.41) is 9.00. The summed E-state index contributed by atoms with van der Waals surface area (Å²) in [5.74, 6) is 0.810. The molecule has 3 rings (SSSR count). The maximum atomic E-state index is 13.1. The molecular weight excluding hydrogens is 394 g/mol. The van der Waals surface area contributed by atoms with Gasteiger partial charge in [0, 0.05) is 41.4 Å². The molecule has 0 bridgehead atoms. The van der Waals surface area contributed by atoms with Crippen LogP contribution in [0.2, 0.25) is 0 Å². The van der Waals surface area contributed by atoms with Crippen molar-refractivity contribution in [2.75, 3.05) is 18.1 Å². The van der Waals surface area contributed by atoms with Crippen LogP contribution in [-0.4, -0.2) is 34.0 Å². The minimum Gasteiger partial charge on any atom is -0.494 e. The molecule has 0 radical (unpaired) electrons. The molecule has 1 aromatic carbocycles. The van der Waals surface area contributed by atoms with Gasteiger partial charge in [-0.05, 0) is 50.2 Å². The second kappa shape index (κ2) is 10.2. The number of ether oxygens (including phenoxy) is 1. The number of nitrogens with one attached hydrogen (secondary N) is 1. The van der Waals surface area contributed by atoms with Gasteiger partial charge in [-0.3, -0.25) is 14.6 Å². The van der Waals surface area contributed by atoms with Crippen LogP contribution >= 0.6 is 0 Å². The monoisotopic (exact) mass is 417 g/mol. The van der Waals surface area contributed by atoms with E-state index in [1.807, 2.05) is 6.92 Å². The third-order valence-electron chi connectivity index (χ3n) is 4.69. The minimum atomic E-state index is -0.369. The molecule has 0 saturated heterocycles. The zero-order valence-electron chi connectivity index (χ0n) is 17.5. The van der Waals surface area contributed by atoms with Gasteiger partial charge in [-0.1, -0.05) is 0 Å². The van der Waals surface area contributed by atoms with Crippen molar-refractivity contribution in [2.24, 2.45) is 0 Å². The van der Waals surface area contributed by atoms with Crippen LogP contribution in [-0.2, 0) is 11.2 Å². The Kier molecular flexibility index (Phi) is 7.12. The second-order valence-corrected chi connectivity index (χ2v) is 6.78. The van der Waals surface area contributed by atoms with Crippen LogP contribution < -0.4 is 15.2 Å². The lowest BCUT2D eigenvalue weighted by Crippen LogP contribution is -2.35. The van der Waals surface area contributed by atoms with Crippen LogP contribution in [0.15, 0.2) is 53.6 Å². The van der Waals surface area contributed by atoms with E-state index < -0.39 is 0 Å². The van der Waals surface area contributed by atoms with Crippen molar-refractivity contribution in [3.63, 3.8) is 0 Å². The first-order chi connectivity index (χ1) is 15.0. The van der Waals surface area contributed by atoms with Crippen LogP contribution in [0, 0.1) is 18.3 Å². The summed E-state index contributed by atoms with van der Waals surface area (Å²) < 4.78 is 5.44. The van der Waals surface area contributed by atoms with Crippen molar-refractivity contribution in [1.29, 1.82) is 5.26 Å². The first-order valence-corrected chi connectivity index (χ1v) is 9.93. The van der Waals surface area contributed by atoms with Crippen molar-refractivity contribution in [3.05, 3.63) is 70.4 Å². The average Bonchev–Trinajstić information content (AvgIpc) is 2.78. The molecule has 0 atom stereocenters. The maximum Gasteiger partial charge on any atom is 0.255 e. The van der Waals surface area contributed by atoms with E-state index in [0.29, 0.717) is 40.7 Å². The van der Waals surface area contributed by atoms with E-state index in [9.17, 15) is 9.59 Å². The van der Waals surface area contributed by atoms with E-state index in [0.717, 1.165) is 0 Å². The van der Waals surface area contributed by atoms with Crippen LogP contribution in [0.4, 0.5) is 5.69 Å². The zero-order valence-corrected chi connectivity index (χ0v) is 17.5. The molecule has 8 heteroatoms. The van der Waals surface area contributed by atoms with E-state index in [-0.39, 0.29) is 30.9 Å². The second-order valence-electron chi connectivity index (χ2n) is 6.78. The predicted octanol–water partition coefficient (Wildman–Crippen LogP) is 3.03. The lowest BCUT2D eigenvalue weighted by atomic mass is 10.1. The number of amides is 1. The predicted molar refractivity (Wildman–Crippen MR) is 117 cm³/mol. The summed E-state index contributed by atoms with van der Waals surface area (Å²) in [6, 6.07) is 12.7. The number of pyridine rings is 1. The van der Waals surface area contributed by atoms with Gasteiger partial charge in [0.15, 0.2) is 0 Å². The lowest BCUT2D eigenvalue weighted by Gasteiger charge is -2.22. The fourth-order valence-corrected chi connectivity index (χ4v) is 3.15. The van der Waals surface area contributed by atoms with Gasteiger partial charge < -0.3 is 14.6 Å². The standard InChI is InChI=1S/C23H23N5O3/c1-3-31-19-9-7-18(8-10-19)28(13-5-11-24)21(29)14-20-16(2)26-22(27-23(20)30)17-6-4-12-25-15-17/h4,6-10,12,15H,3,5,13-14H2,1-2H3,(H,26,27,30). The molecule has 0 aliphatic rings. The van der Waals surface area contributed by atoms with Gasteiger partial charge in [0.05, 0.1) is 25.5 Å². The maximum absolute atomic E-state index is 13.1. The number of nitriles is 1. The van der Waals surface area contributed by atoms with E-state index in [4.69, 9.17) is 10.00 Å². The summed E-state index contributed by atoms with van der Waals surface area (Å²) in [6.45, 7) is 4.36. The van der Waals surface area contributed by atoms with Gasteiger partial charge in [-0.25, -0.2) is 4.98 Å². The molecule has 0 aliphatic heterocycles. The highest BCUT2D eigenvalue weighted by atomic mass is 16.5. The van der Waals surface area contributed by atoms with E-state index >= 15 is 0 Å². The molecule has 1 amide bonds. The Morgan fingerprint density at radius 2 is 2.03 bits per heavy atom. The van der Waals surface area contributed by atoms with Gasteiger partial charge in [-0.2, -0.15) is 5.26 Å². The van der Waals surface area contributed by atoms with Gasteiger partial charge in [0.25, 0.3) is 5.56 Å². The topological polar surface area (TPSA) is 112 Å². The van der Waals surface area contributed by atoms with Crippen molar-refractivity contribution in [1.82, 2.24) is 15.0 Å². The number of rotatable bonds is 8. The van der Waals surface area contributed by atoms with Gasteiger partial charge in [0.1, 0.15) is 11.6 Å². The molecule has 0 spiro atoms. The van der Waals surface area contributed by atoms with Crippen LogP contribution in [0.5, 0.6) is 5.75 Å². The number of carbonyl (C=O) groups is 1. The number of H-pyrrole nitrogens is 1. The molecule has 158 valence electrons. The lowest BCUT2D eigenvalue weighted by molar-refractivity contribution is -0.118. The smallest absolute Gasteiger partial charge is 0.255 e. The summed E-state index contributed by atoms with van der Waals surface area (Å²) in [7, 11) is 0. The Hall–Kier alpha value is -3.99. The van der Waals surface area contributed by atoms with Gasteiger partial charge in [0.2, 0.25) is 5.91 Å². The summed E-state index contributed by atoms with van der Waals surface area (Å²) in [5.41, 5.74) is 1.73. The molecule has 0 aliphatic carbocycles. The molecule has 31 heavy (non-hydrogen) atoms. The van der Waals surface area contributed by atoms with E-state index in [2.05, 4.69) is 21.0 Å². The van der Waals surface area contributed by atoms with E-state index in [1.165, 1.54) is 4.90 Å². The van der Waals surface area contributed by atoms with Crippen molar-refractivity contribution in [3.8, 4) is 23.2 Å². The Labute approximate surface area is 180 Å². The molecule has 8 nitrogen and oxygen atoms in total. The highest BCUT2D eigenvalue weighted by Gasteiger charge is 2.20. The molecule has 0 saturated carbocycles. The molecule has 2 heterocycles. The Morgan fingerprint density at radius 3 is 2.65 bits per heavy atom. The largest absolute Gasteiger partial charge is 0.494 e. The van der Waals surface area contributed by atoms with Crippen LogP contribution in [0.1, 0.15) is 24.6 Å². The van der Waals surface area contributed by atoms with Crippen molar-refractivity contribution < 1.29 is 9.53 Å². The number of hydrogen-bond acceptors (Lipinski definition) is 6. The molecular formula is C23H23N5O3. The fraction of sp³-hybridized carbons (Fsp3) is 0.261. The highest BCUT2D eigenvalue weighted by Crippen LogP contribution is 2.21. The SMILES string of the molecule is CCOc1ccc(N(CCC#N)C(=O)Cc2c(C)nc(-c3cccnc3)[nH]c2=O)cc1. The average molecular weight is 417 g/mol. The zero-order chi connectivity index (χ0) is 22.2. The van der Waals surface area contributed by atoms with Crippen molar-refractivity contribution in [2.45, 2.75) is 26.7 Å². The highest BCUT2D eigenvalue weighted by molar-refractivity contribution is 5.95. The molecule has 0 fully saturated rings. The normalized spacial score (nSPS) is 10.4. The number of aryl methyl sites for hydroxylation is 1. The van der Waals surface area contributed by atoms with Crippen LogP contribution in [0.25, 0.3) is 11.4 Å². The molecule has 2 aromatic heterocycles. The Bertz CT molecular complexity index is 1130. The van der Waals surface area contributed by atoms with Gasteiger partial charge in [-0.15, -0.1) is 0 Å². The number of carbonyl (C=O) groups excluding carboxylic acids is 1. The van der Waals surface area contributed by atoms with Crippen molar-refractivity contribution >= 4 is 11.6 Å². The number of benzene rings is 1. The molecule has 1 N–H and O–H groups in total. The molecule has 0 unspecified atom stereocenters. The fourth-order valence-electron chi connectivity index (χ4n) is 3.15. The first kappa shape index (κ1) is 21.7. The molecule has 3 aromatic rings. The number of hydrogen-bond donors (Lipinski definition) is 1. The quantitative estimate of drug-likeness (QED) is 0.603. The summed E-state index contributed by atoms with van der Waals surface area (Å²) >= 11 is 0. The van der Waals surface area contributed by atoms with Gasteiger partial charge >= 0.3 is 0 Å².